The van der Waals surface area contributed by atoms with Crippen molar-refractivity contribution in [2.75, 3.05) is 0 Å². The summed E-state index contributed by atoms with van der Waals surface area (Å²) in [5, 5.41) is 0. The lowest BCUT2D eigenvalue weighted by molar-refractivity contribution is 0.436. The van der Waals surface area contributed by atoms with E-state index in [-0.39, 0.29) is 0 Å². The Hall–Kier alpha value is -7.17. The first-order chi connectivity index (χ1) is 27.7. The van der Waals surface area contributed by atoms with E-state index in [9.17, 15) is 0 Å². The van der Waals surface area contributed by atoms with Gasteiger partial charge in [-0.05, 0) is 75.5 Å². The number of rotatable bonds is 5. The van der Waals surface area contributed by atoms with E-state index in [0.29, 0.717) is 17.5 Å². The fourth-order valence-corrected chi connectivity index (χ4v) is 8.83. The summed E-state index contributed by atoms with van der Waals surface area (Å²) in [5.74, 6) is 3.84. The second-order valence-corrected chi connectivity index (χ2v) is 14.6. The highest BCUT2D eigenvalue weighted by atomic mass is 16.5. The zero-order valence-electron chi connectivity index (χ0n) is 30.6. The number of hydrogen-bond donors (Lipinski definition) is 0. The van der Waals surface area contributed by atoms with Crippen LogP contribution in [-0.4, -0.2) is 15.0 Å². The lowest BCUT2D eigenvalue weighted by atomic mass is 9.66. The van der Waals surface area contributed by atoms with E-state index >= 15 is 0 Å². The van der Waals surface area contributed by atoms with Crippen molar-refractivity contribution in [2.45, 2.75) is 18.3 Å². The maximum absolute atomic E-state index is 6.65. The maximum Gasteiger partial charge on any atom is 0.164 e. The Morgan fingerprint density at radius 2 is 0.893 bits per heavy atom. The smallest absolute Gasteiger partial charge is 0.164 e. The van der Waals surface area contributed by atoms with Gasteiger partial charge in [-0.3, -0.25) is 0 Å². The van der Waals surface area contributed by atoms with Crippen LogP contribution in [0, 0.1) is 0 Å². The number of nitrogens with zero attached hydrogens (tertiary/aromatic N) is 3. The summed E-state index contributed by atoms with van der Waals surface area (Å²) in [6.45, 7) is 0. The number of para-hydroxylation sites is 1. The second kappa shape index (κ2) is 13.0. The van der Waals surface area contributed by atoms with Crippen LogP contribution in [0.2, 0.25) is 0 Å². The molecule has 2 heterocycles. The van der Waals surface area contributed by atoms with Crippen LogP contribution < -0.4 is 4.74 Å². The molecule has 0 fully saturated rings. The number of aromatic nitrogens is 3. The van der Waals surface area contributed by atoms with Crippen LogP contribution in [0.3, 0.4) is 0 Å². The van der Waals surface area contributed by atoms with Gasteiger partial charge >= 0.3 is 0 Å². The Morgan fingerprint density at radius 1 is 0.393 bits per heavy atom. The average molecular weight is 718 g/mol. The molecule has 4 nitrogen and oxygen atoms in total. The van der Waals surface area contributed by atoms with Crippen molar-refractivity contribution in [3.05, 3.63) is 216 Å². The lowest BCUT2D eigenvalue weighted by Gasteiger charge is -2.39. The Bertz CT molecular complexity index is 2830. The highest BCUT2D eigenvalue weighted by Crippen LogP contribution is 2.62. The zero-order valence-corrected chi connectivity index (χ0v) is 30.6. The van der Waals surface area contributed by atoms with Crippen LogP contribution >= 0.6 is 0 Å². The summed E-state index contributed by atoms with van der Waals surface area (Å²) in [5.41, 5.74) is 14.5. The number of allylic oxidation sites excluding steroid dienone is 4. The standard InChI is InChI=1S/C52H35N3O/c1-3-13-37(14-4-1)49-53-50(38-15-5-2-6-16-38)55-51(54-49)39-29-27-35(28-30-39)34-23-25-36(26-24-34)40-31-32-48-46(33-40)52(45-21-11-12-22-47(45)56-48)43-19-9-7-17-41(43)42-18-8-10-20-44(42)52/h1,3-5,7-33H,2,6H2. The number of fused-ring (bicyclic) bond motifs is 9. The van der Waals surface area contributed by atoms with Crippen LogP contribution in [0.1, 0.15) is 40.9 Å². The summed E-state index contributed by atoms with van der Waals surface area (Å²) in [6.07, 6.45) is 8.54. The highest BCUT2D eigenvalue weighted by Gasteiger charge is 2.51. The Morgan fingerprint density at radius 3 is 1.54 bits per heavy atom. The predicted molar refractivity (Wildman–Crippen MR) is 225 cm³/mol. The molecule has 264 valence electrons. The monoisotopic (exact) mass is 717 g/mol. The molecule has 0 N–H and O–H groups in total. The largest absolute Gasteiger partial charge is 0.457 e. The molecule has 0 saturated carbocycles. The fraction of sp³-hybridized carbons (Fsp3) is 0.0577. The molecule has 0 saturated heterocycles. The highest BCUT2D eigenvalue weighted by molar-refractivity contribution is 5.89. The lowest BCUT2D eigenvalue weighted by Crippen LogP contribution is -2.32. The summed E-state index contributed by atoms with van der Waals surface area (Å²) >= 11 is 0. The SMILES string of the molecule is C1=CC(c2nc(-c3ccccc3)nc(-c3ccc(-c4ccc(-c5ccc6c(c5)C5(c7ccccc7O6)c6ccccc6-c6ccccc65)cc4)cc3)n2)=CCC1. The first kappa shape index (κ1) is 32.3. The third-order valence-corrected chi connectivity index (χ3v) is 11.5. The van der Waals surface area contributed by atoms with Crippen LogP contribution in [0.15, 0.2) is 188 Å². The molecular formula is C52H35N3O. The van der Waals surface area contributed by atoms with Crippen LogP contribution in [0.4, 0.5) is 0 Å². The van der Waals surface area contributed by atoms with Gasteiger partial charge in [-0.1, -0.05) is 170 Å². The van der Waals surface area contributed by atoms with Gasteiger partial charge in [0.15, 0.2) is 17.5 Å². The van der Waals surface area contributed by atoms with Gasteiger partial charge in [-0.15, -0.1) is 0 Å². The number of ether oxygens (including phenoxy) is 1. The third kappa shape index (κ3) is 5.10. The van der Waals surface area contributed by atoms with Gasteiger partial charge in [0, 0.05) is 27.8 Å². The molecule has 0 atom stereocenters. The van der Waals surface area contributed by atoms with Crippen LogP contribution in [0.25, 0.3) is 61.7 Å². The van der Waals surface area contributed by atoms with Crippen molar-refractivity contribution < 1.29 is 4.74 Å². The van der Waals surface area contributed by atoms with E-state index in [1.165, 1.54) is 33.4 Å². The quantitative estimate of drug-likeness (QED) is 0.178. The molecule has 0 amide bonds. The Balaban J connectivity index is 0.946. The van der Waals surface area contributed by atoms with Crippen LogP contribution in [0.5, 0.6) is 11.5 Å². The molecule has 3 aliphatic rings. The molecule has 1 spiro atoms. The van der Waals surface area contributed by atoms with E-state index in [1.54, 1.807) is 0 Å². The molecule has 11 rings (SSSR count). The number of benzene rings is 7. The number of hydrogen-bond acceptors (Lipinski definition) is 4. The van der Waals surface area contributed by atoms with Crippen LogP contribution in [-0.2, 0) is 5.41 Å². The second-order valence-electron chi connectivity index (χ2n) is 14.6. The summed E-state index contributed by atoms with van der Waals surface area (Å²) in [4.78, 5) is 14.7. The third-order valence-electron chi connectivity index (χ3n) is 11.5. The molecular weight excluding hydrogens is 683 g/mol. The molecule has 4 heteroatoms. The first-order valence-corrected chi connectivity index (χ1v) is 19.3. The van der Waals surface area contributed by atoms with Crippen molar-refractivity contribution in [3.63, 3.8) is 0 Å². The Kier molecular flexibility index (Phi) is 7.49. The molecule has 0 bridgehead atoms. The molecule has 1 aromatic heterocycles. The minimum absolute atomic E-state index is 0.486. The summed E-state index contributed by atoms with van der Waals surface area (Å²) in [7, 11) is 0. The van der Waals surface area contributed by atoms with E-state index in [1.807, 2.05) is 30.3 Å². The van der Waals surface area contributed by atoms with Gasteiger partial charge in [-0.2, -0.15) is 0 Å². The maximum atomic E-state index is 6.65. The fourth-order valence-electron chi connectivity index (χ4n) is 8.83. The average Bonchev–Trinajstić information content (AvgIpc) is 3.57. The molecule has 56 heavy (non-hydrogen) atoms. The van der Waals surface area contributed by atoms with Crippen molar-refractivity contribution >= 4 is 5.57 Å². The van der Waals surface area contributed by atoms with Gasteiger partial charge < -0.3 is 4.74 Å². The van der Waals surface area contributed by atoms with Gasteiger partial charge in [-0.25, -0.2) is 15.0 Å². The molecule has 0 radical (unpaired) electrons. The van der Waals surface area contributed by atoms with Crippen molar-refractivity contribution in [1.82, 2.24) is 15.0 Å². The van der Waals surface area contributed by atoms with E-state index in [2.05, 4.69) is 158 Å². The minimum Gasteiger partial charge on any atom is -0.457 e. The van der Waals surface area contributed by atoms with Gasteiger partial charge in [0.2, 0.25) is 0 Å². The van der Waals surface area contributed by atoms with Crippen molar-refractivity contribution in [2.24, 2.45) is 0 Å². The molecule has 2 aliphatic carbocycles. The van der Waals surface area contributed by atoms with E-state index < -0.39 is 5.41 Å². The molecule has 1 aliphatic heterocycles. The molecule has 0 unspecified atom stereocenters. The van der Waals surface area contributed by atoms with Gasteiger partial charge in [0.25, 0.3) is 0 Å². The summed E-state index contributed by atoms with van der Waals surface area (Å²) < 4.78 is 6.65. The normalized spacial score (nSPS) is 14.2. The zero-order chi connectivity index (χ0) is 37.1. The van der Waals surface area contributed by atoms with Crippen molar-refractivity contribution in [3.8, 4) is 67.7 Å². The minimum atomic E-state index is -0.486. The molecule has 7 aromatic carbocycles. The predicted octanol–water partition coefficient (Wildman–Crippen LogP) is 12.7. The van der Waals surface area contributed by atoms with E-state index in [0.717, 1.165) is 63.3 Å². The molecule has 8 aromatic rings. The summed E-state index contributed by atoms with van der Waals surface area (Å²) in [6, 6.07) is 60.4. The van der Waals surface area contributed by atoms with Gasteiger partial charge in [0.05, 0.1) is 5.41 Å². The topological polar surface area (TPSA) is 47.9 Å². The van der Waals surface area contributed by atoms with Crippen molar-refractivity contribution in [1.29, 1.82) is 0 Å². The Labute approximate surface area is 326 Å². The van der Waals surface area contributed by atoms with Gasteiger partial charge in [0.1, 0.15) is 11.5 Å². The first-order valence-electron chi connectivity index (χ1n) is 19.3. The van der Waals surface area contributed by atoms with E-state index in [4.69, 9.17) is 19.7 Å².